The molecule has 2 rings (SSSR count). The maximum absolute atomic E-state index is 5.48. The van der Waals surface area contributed by atoms with Crippen LogP contribution < -0.4 is 10.1 Å². The molecule has 0 unspecified atom stereocenters. The van der Waals surface area contributed by atoms with Crippen molar-refractivity contribution in [1.29, 1.82) is 0 Å². The first-order chi connectivity index (χ1) is 8.54. The molecule has 1 saturated heterocycles. The van der Waals surface area contributed by atoms with Crippen molar-refractivity contribution in [2.45, 2.75) is 38.8 Å². The molecule has 0 saturated carbocycles. The Morgan fingerprint density at radius 2 is 2.22 bits per heavy atom. The first-order valence-corrected chi connectivity index (χ1v) is 6.54. The Morgan fingerprint density at radius 3 is 2.83 bits per heavy atom. The second-order valence-corrected chi connectivity index (χ2v) is 5.47. The van der Waals surface area contributed by atoms with Crippen LogP contribution in [-0.2, 0) is 4.74 Å². The number of nitrogens with one attached hydrogen (secondary N) is 1. The van der Waals surface area contributed by atoms with E-state index in [2.05, 4.69) is 38.2 Å². The van der Waals surface area contributed by atoms with Gasteiger partial charge in [-0.1, -0.05) is 17.7 Å². The van der Waals surface area contributed by atoms with Gasteiger partial charge in [0.15, 0.2) is 0 Å². The van der Waals surface area contributed by atoms with E-state index in [9.17, 15) is 0 Å². The molecular weight excluding hydrogens is 226 g/mol. The smallest absolute Gasteiger partial charge is 0.123 e. The Kier molecular flexibility index (Phi) is 3.93. The van der Waals surface area contributed by atoms with Crippen LogP contribution in [0.15, 0.2) is 18.2 Å². The summed E-state index contributed by atoms with van der Waals surface area (Å²) in [6.07, 6.45) is 1.06. The standard InChI is InChI=1S/C15H23NO2/c1-11-5-6-14(17-4)13(9-11)12(2)16-15(3)7-8-18-10-15/h5-6,9,12,16H,7-8,10H2,1-4H3/t12-,15+/m0/s1. The molecule has 3 heteroatoms. The molecule has 0 aromatic heterocycles. The monoisotopic (exact) mass is 249 g/mol. The molecule has 18 heavy (non-hydrogen) atoms. The minimum absolute atomic E-state index is 0.0776. The van der Waals surface area contributed by atoms with E-state index in [1.165, 1.54) is 11.1 Å². The summed E-state index contributed by atoms with van der Waals surface area (Å²) in [4.78, 5) is 0. The van der Waals surface area contributed by atoms with E-state index < -0.39 is 0 Å². The number of ether oxygens (including phenoxy) is 2. The fraction of sp³-hybridized carbons (Fsp3) is 0.600. The number of hydrogen-bond donors (Lipinski definition) is 1. The maximum atomic E-state index is 5.48. The van der Waals surface area contributed by atoms with Crippen LogP contribution >= 0.6 is 0 Å². The first-order valence-electron chi connectivity index (χ1n) is 6.54. The van der Waals surface area contributed by atoms with Crippen molar-refractivity contribution in [1.82, 2.24) is 5.32 Å². The molecule has 0 bridgehead atoms. The van der Waals surface area contributed by atoms with Crippen molar-refractivity contribution in [3.05, 3.63) is 29.3 Å². The molecule has 3 nitrogen and oxygen atoms in total. The minimum atomic E-state index is 0.0776. The van der Waals surface area contributed by atoms with Gasteiger partial charge in [-0.2, -0.15) is 0 Å². The lowest BCUT2D eigenvalue weighted by atomic mass is 9.97. The SMILES string of the molecule is COc1ccc(C)cc1[C@H](C)N[C@]1(C)CCOC1. The van der Waals surface area contributed by atoms with E-state index in [0.29, 0.717) is 0 Å². The average molecular weight is 249 g/mol. The highest BCUT2D eigenvalue weighted by Gasteiger charge is 2.31. The van der Waals surface area contributed by atoms with Gasteiger partial charge in [-0.25, -0.2) is 0 Å². The van der Waals surface area contributed by atoms with Crippen LogP contribution in [0.2, 0.25) is 0 Å². The van der Waals surface area contributed by atoms with Crippen molar-refractivity contribution < 1.29 is 9.47 Å². The molecule has 0 spiro atoms. The summed E-state index contributed by atoms with van der Waals surface area (Å²) in [5.41, 5.74) is 2.55. The Balaban J connectivity index is 2.17. The Hall–Kier alpha value is -1.06. The Labute approximate surface area is 109 Å². The zero-order valence-electron chi connectivity index (χ0n) is 11.7. The Bertz CT molecular complexity index is 411. The number of hydrogen-bond acceptors (Lipinski definition) is 3. The summed E-state index contributed by atoms with van der Waals surface area (Å²) < 4.78 is 10.9. The van der Waals surface area contributed by atoms with Crippen molar-refractivity contribution in [2.75, 3.05) is 20.3 Å². The fourth-order valence-corrected chi connectivity index (χ4v) is 2.57. The number of aryl methyl sites for hydroxylation is 1. The van der Waals surface area contributed by atoms with Crippen LogP contribution in [0, 0.1) is 6.92 Å². The van der Waals surface area contributed by atoms with Gasteiger partial charge in [0.1, 0.15) is 5.75 Å². The second-order valence-electron chi connectivity index (χ2n) is 5.47. The van der Waals surface area contributed by atoms with Gasteiger partial charge in [0.25, 0.3) is 0 Å². The fourth-order valence-electron chi connectivity index (χ4n) is 2.57. The van der Waals surface area contributed by atoms with Crippen LogP contribution in [-0.4, -0.2) is 25.9 Å². The van der Waals surface area contributed by atoms with E-state index in [0.717, 1.165) is 25.4 Å². The van der Waals surface area contributed by atoms with Crippen molar-refractivity contribution in [3.8, 4) is 5.75 Å². The van der Waals surface area contributed by atoms with Gasteiger partial charge < -0.3 is 14.8 Å². The normalized spacial score (nSPS) is 25.1. The molecule has 1 aliphatic heterocycles. The zero-order valence-corrected chi connectivity index (χ0v) is 11.7. The summed E-state index contributed by atoms with van der Waals surface area (Å²) in [6.45, 7) is 8.14. The largest absolute Gasteiger partial charge is 0.496 e. The number of benzene rings is 1. The average Bonchev–Trinajstić information content (AvgIpc) is 2.75. The maximum Gasteiger partial charge on any atom is 0.123 e. The van der Waals surface area contributed by atoms with Crippen LogP contribution in [0.3, 0.4) is 0 Å². The predicted octanol–water partition coefficient (Wildman–Crippen LogP) is 2.83. The molecule has 1 fully saturated rings. The van der Waals surface area contributed by atoms with E-state index in [1.54, 1.807) is 7.11 Å². The van der Waals surface area contributed by atoms with Crippen molar-refractivity contribution in [3.63, 3.8) is 0 Å². The molecule has 0 radical (unpaired) electrons. The minimum Gasteiger partial charge on any atom is -0.496 e. The lowest BCUT2D eigenvalue weighted by Crippen LogP contribution is -2.44. The lowest BCUT2D eigenvalue weighted by molar-refractivity contribution is 0.167. The molecule has 2 atom stereocenters. The second kappa shape index (κ2) is 5.29. The van der Waals surface area contributed by atoms with Crippen molar-refractivity contribution in [2.24, 2.45) is 0 Å². The zero-order chi connectivity index (χ0) is 13.2. The molecule has 100 valence electrons. The van der Waals surface area contributed by atoms with Gasteiger partial charge in [0, 0.05) is 23.8 Å². The molecule has 1 aromatic rings. The first kappa shape index (κ1) is 13.4. The summed E-state index contributed by atoms with van der Waals surface area (Å²) in [5.74, 6) is 0.947. The Morgan fingerprint density at radius 1 is 1.44 bits per heavy atom. The summed E-state index contributed by atoms with van der Waals surface area (Å²) >= 11 is 0. The van der Waals surface area contributed by atoms with Crippen molar-refractivity contribution >= 4 is 0 Å². The molecule has 1 aromatic carbocycles. The molecule has 1 N–H and O–H groups in total. The van der Waals surface area contributed by atoms with E-state index in [-0.39, 0.29) is 11.6 Å². The van der Waals surface area contributed by atoms with Gasteiger partial charge in [-0.3, -0.25) is 0 Å². The predicted molar refractivity (Wildman–Crippen MR) is 73.1 cm³/mol. The third kappa shape index (κ3) is 2.85. The number of rotatable bonds is 4. The highest BCUT2D eigenvalue weighted by molar-refractivity contribution is 5.39. The van der Waals surface area contributed by atoms with Gasteiger partial charge in [-0.05, 0) is 33.3 Å². The van der Waals surface area contributed by atoms with Gasteiger partial charge in [0.05, 0.1) is 13.7 Å². The topological polar surface area (TPSA) is 30.5 Å². The summed E-state index contributed by atoms with van der Waals surface area (Å²) in [7, 11) is 1.72. The molecular formula is C15H23NO2. The van der Waals surface area contributed by atoms with Gasteiger partial charge in [0.2, 0.25) is 0 Å². The van der Waals surface area contributed by atoms with E-state index in [1.807, 2.05) is 6.07 Å². The third-order valence-electron chi connectivity index (χ3n) is 3.64. The highest BCUT2D eigenvalue weighted by Crippen LogP contribution is 2.29. The van der Waals surface area contributed by atoms with Crippen LogP contribution in [0.4, 0.5) is 0 Å². The van der Waals surface area contributed by atoms with E-state index >= 15 is 0 Å². The van der Waals surface area contributed by atoms with E-state index in [4.69, 9.17) is 9.47 Å². The molecule has 0 amide bonds. The van der Waals surface area contributed by atoms with Crippen LogP contribution in [0.5, 0.6) is 5.75 Å². The van der Waals surface area contributed by atoms with Crippen LogP contribution in [0.25, 0.3) is 0 Å². The molecule has 1 aliphatic rings. The quantitative estimate of drug-likeness (QED) is 0.890. The number of methoxy groups -OCH3 is 1. The van der Waals surface area contributed by atoms with Gasteiger partial charge in [-0.15, -0.1) is 0 Å². The summed E-state index contributed by atoms with van der Waals surface area (Å²) in [5, 5.41) is 3.67. The molecule has 0 aliphatic carbocycles. The molecule has 1 heterocycles. The summed E-state index contributed by atoms with van der Waals surface area (Å²) in [6, 6.07) is 6.56. The van der Waals surface area contributed by atoms with Gasteiger partial charge >= 0.3 is 0 Å². The third-order valence-corrected chi connectivity index (χ3v) is 3.64. The lowest BCUT2D eigenvalue weighted by Gasteiger charge is -2.29. The highest BCUT2D eigenvalue weighted by atomic mass is 16.5. The van der Waals surface area contributed by atoms with Crippen LogP contribution in [0.1, 0.15) is 37.4 Å².